The molecule has 4 nitrogen and oxygen atoms in total. The molecule has 0 aliphatic heterocycles. The van der Waals surface area contributed by atoms with Crippen LogP contribution >= 0.6 is 12.4 Å². The van der Waals surface area contributed by atoms with E-state index in [1.54, 1.807) is 0 Å². The zero-order chi connectivity index (χ0) is 16.1. The number of ether oxygens (including phenoxy) is 1. The van der Waals surface area contributed by atoms with Crippen LogP contribution in [0.15, 0.2) is 22.6 Å². The van der Waals surface area contributed by atoms with Crippen molar-refractivity contribution in [2.45, 2.75) is 51.6 Å². The minimum Gasteiger partial charge on any atom is -0.491 e. The number of halogens is 1. The second-order valence-corrected chi connectivity index (χ2v) is 6.39. The summed E-state index contributed by atoms with van der Waals surface area (Å²) in [5.74, 6) is 1.95. The first-order valence-electron chi connectivity index (χ1n) is 8.84. The number of aryl methyl sites for hydroxylation is 2. The van der Waals surface area contributed by atoms with Gasteiger partial charge in [0.05, 0.1) is 0 Å². The third-order valence-corrected chi connectivity index (χ3v) is 4.46. The lowest BCUT2D eigenvalue weighted by molar-refractivity contribution is 0.106. The van der Waals surface area contributed by atoms with Gasteiger partial charge < -0.3 is 19.6 Å². The average Bonchev–Trinajstić information content (AvgIpc) is 2.95. The molecular formula is C19H28ClNO3. The Labute approximate surface area is 150 Å². The highest BCUT2D eigenvalue weighted by atomic mass is 35.5. The summed E-state index contributed by atoms with van der Waals surface area (Å²) in [6.45, 7) is 3.99. The first-order chi connectivity index (χ1) is 11.3. The van der Waals surface area contributed by atoms with Crippen LogP contribution in [0.5, 0.6) is 5.75 Å². The Morgan fingerprint density at radius 1 is 1.29 bits per heavy atom. The fraction of sp³-hybridized carbons (Fsp3) is 0.579. The quantitative estimate of drug-likeness (QED) is 0.707. The smallest absolute Gasteiger partial charge is 0.134 e. The van der Waals surface area contributed by atoms with Crippen molar-refractivity contribution in [2.75, 3.05) is 19.7 Å². The Balaban J connectivity index is 0.00000208. The normalized spacial score (nSPS) is 14.9. The topological polar surface area (TPSA) is 54.6 Å². The van der Waals surface area contributed by atoms with Gasteiger partial charge in [-0.2, -0.15) is 0 Å². The number of hydrogen-bond donors (Lipinski definition) is 2. The van der Waals surface area contributed by atoms with E-state index in [1.165, 1.54) is 23.8 Å². The maximum Gasteiger partial charge on any atom is 0.134 e. The zero-order valence-electron chi connectivity index (χ0n) is 14.3. The largest absolute Gasteiger partial charge is 0.491 e. The highest BCUT2D eigenvalue weighted by Crippen LogP contribution is 2.33. The van der Waals surface area contributed by atoms with Gasteiger partial charge >= 0.3 is 0 Å². The minimum absolute atomic E-state index is 0. The van der Waals surface area contributed by atoms with Gasteiger partial charge in [0.2, 0.25) is 0 Å². The van der Waals surface area contributed by atoms with Gasteiger partial charge in [-0.15, -0.1) is 12.4 Å². The SMILES string of the molecule is CCCCNCC(O)COc1ccc2oc3c(c2c1)CCCC3.Cl. The van der Waals surface area contributed by atoms with E-state index in [0.717, 1.165) is 49.3 Å². The number of aliphatic hydroxyl groups excluding tert-OH is 1. The molecule has 1 heterocycles. The van der Waals surface area contributed by atoms with Crippen LogP contribution in [0.4, 0.5) is 0 Å². The second kappa shape index (κ2) is 9.30. The Bertz CT molecular complexity index is 641. The lowest BCUT2D eigenvalue weighted by Crippen LogP contribution is -2.31. The van der Waals surface area contributed by atoms with Crippen molar-refractivity contribution in [2.24, 2.45) is 0 Å². The summed E-state index contributed by atoms with van der Waals surface area (Å²) in [4.78, 5) is 0. The van der Waals surface area contributed by atoms with E-state index >= 15 is 0 Å². The number of nitrogens with one attached hydrogen (secondary N) is 1. The molecule has 0 saturated carbocycles. The summed E-state index contributed by atoms with van der Waals surface area (Å²) in [6.07, 6.45) is 6.39. The molecule has 1 unspecified atom stereocenters. The highest BCUT2D eigenvalue weighted by Gasteiger charge is 2.18. The third kappa shape index (κ3) is 4.65. The van der Waals surface area contributed by atoms with Crippen molar-refractivity contribution in [1.29, 1.82) is 0 Å². The van der Waals surface area contributed by atoms with Gasteiger partial charge in [-0.3, -0.25) is 0 Å². The zero-order valence-corrected chi connectivity index (χ0v) is 15.2. The Hall–Kier alpha value is -1.23. The summed E-state index contributed by atoms with van der Waals surface area (Å²) in [7, 11) is 0. The van der Waals surface area contributed by atoms with E-state index in [-0.39, 0.29) is 12.4 Å². The van der Waals surface area contributed by atoms with Gasteiger partial charge in [0.15, 0.2) is 0 Å². The van der Waals surface area contributed by atoms with Crippen molar-refractivity contribution in [3.05, 3.63) is 29.5 Å². The Morgan fingerprint density at radius 3 is 2.96 bits per heavy atom. The third-order valence-electron chi connectivity index (χ3n) is 4.46. The molecule has 0 saturated heterocycles. The van der Waals surface area contributed by atoms with Gasteiger partial charge in [0, 0.05) is 23.9 Å². The summed E-state index contributed by atoms with van der Waals surface area (Å²) in [6, 6.07) is 5.96. The summed E-state index contributed by atoms with van der Waals surface area (Å²) in [5.41, 5.74) is 2.30. The van der Waals surface area contributed by atoms with Crippen LogP contribution in [0.1, 0.15) is 43.9 Å². The van der Waals surface area contributed by atoms with E-state index in [2.05, 4.69) is 18.3 Å². The molecule has 1 aromatic carbocycles. The van der Waals surface area contributed by atoms with Crippen molar-refractivity contribution < 1.29 is 14.3 Å². The number of unbranched alkanes of at least 4 members (excludes halogenated alkanes) is 1. The Morgan fingerprint density at radius 2 is 2.12 bits per heavy atom. The molecule has 0 bridgehead atoms. The molecule has 134 valence electrons. The summed E-state index contributed by atoms with van der Waals surface area (Å²) >= 11 is 0. The standard InChI is InChI=1S/C19H27NO3.ClH/c1-2-3-10-20-12-14(21)13-22-15-8-9-19-17(11-15)16-6-4-5-7-18(16)23-19;/h8-9,11,14,20-21H,2-7,10,12-13H2,1H3;1H. The number of fused-ring (bicyclic) bond motifs is 3. The first kappa shape index (κ1) is 19.1. The fourth-order valence-electron chi connectivity index (χ4n) is 3.15. The van der Waals surface area contributed by atoms with Crippen molar-refractivity contribution in [3.63, 3.8) is 0 Å². The maximum atomic E-state index is 9.97. The van der Waals surface area contributed by atoms with Crippen molar-refractivity contribution in [3.8, 4) is 5.75 Å². The average molecular weight is 354 g/mol. The van der Waals surface area contributed by atoms with Gasteiger partial charge in [-0.1, -0.05) is 13.3 Å². The first-order valence-corrected chi connectivity index (χ1v) is 8.84. The number of benzene rings is 1. The molecule has 1 aliphatic carbocycles. The molecule has 0 radical (unpaired) electrons. The number of aliphatic hydroxyl groups is 1. The molecule has 1 atom stereocenters. The maximum absolute atomic E-state index is 9.97. The number of furan rings is 1. The highest BCUT2D eigenvalue weighted by molar-refractivity contribution is 5.85. The molecule has 0 fully saturated rings. The molecule has 24 heavy (non-hydrogen) atoms. The predicted molar refractivity (Wildman–Crippen MR) is 99.4 cm³/mol. The monoisotopic (exact) mass is 353 g/mol. The fourth-order valence-corrected chi connectivity index (χ4v) is 3.15. The van der Waals surface area contributed by atoms with Gasteiger partial charge in [0.1, 0.15) is 29.8 Å². The lowest BCUT2D eigenvalue weighted by Gasteiger charge is -2.13. The van der Waals surface area contributed by atoms with Crippen LogP contribution in [0.2, 0.25) is 0 Å². The van der Waals surface area contributed by atoms with Gasteiger partial charge in [-0.05, 0) is 50.4 Å². The Kier molecular flexibility index (Phi) is 7.40. The van der Waals surface area contributed by atoms with E-state index < -0.39 is 6.10 Å². The van der Waals surface area contributed by atoms with Crippen LogP contribution in [0, 0.1) is 0 Å². The van der Waals surface area contributed by atoms with Gasteiger partial charge in [-0.25, -0.2) is 0 Å². The van der Waals surface area contributed by atoms with Crippen LogP contribution in [0.25, 0.3) is 11.0 Å². The second-order valence-electron chi connectivity index (χ2n) is 6.39. The van der Waals surface area contributed by atoms with Crippen molar-refractivity contribution in [1.82, 2.24) is 5.32 Å². The van der Waals surface area contributed by atoms with Crippen LogP contribution < -0.4 is 10.1 Å². The molecular weight excluding hydrogens is 326 g/mol. The van der Waals surface area contributed by atoms with E-state index in [9.17, 15) is 5.11 Å². The van der Waals surface area contributed by atoms with Crippen molar-refractivity contribution >= 4 is 23.4 Å². The van der Waals surface area contributed by atoms with Crippen LogP contribution in [-0.2, 0) is 12.8 Å². The van der Waals surface area contributed by atoms with Crippen LogP contribution in [0.3, 0.4) is 0 Å². The molecule has 5 heteroatoms. The molecule has 0 spiro atoms. The lowest BCUT2D eigenvalue weighted by atomic mass is 9.96. The minimum atomic E-state index is -0.485. The predicted octanol–water partition coefficient (Wildman–Crippen LogP) is 3.86. The van der Waals surface area contributed by atoms with E-state index in [1.807, 2.05) is 12.1 Å². The molecule has 1 aliphatic rings. The molecule has 0 amide bonds. The molecule has 2 aromatic rings. The number of hydrogen-bond acceptors (Lipinski definition) is 4. The number of rotatable bonds is 8. The van der Waals surface area contributed by atoms with E-state index in [4.69, 9.17) is 9.15 Å². The summed E-state index contributed by atoms with van der Waals surface area (Å²) < 4.78 is 11.7. The molecule has 3 rings (SSSR count). The summed E-state index contributed by atoms with van der Waals surface area (Å²) in [5, 5.41) is 14.4. The molecule has 1 aromatic heterocycles. The van der Waals surface area contributed by atoms with Crippen LogP contribution in [-0.4, -0.2) is 30.9 Å². The van der Waals surface area contributed by atoms with E-state index in [0.29, 0.717) is 13.2 Å². The molecule has 2 N–H and O–H groups in total. The van der Waals surface area contributed by atoms with Gasteiger partial charge in [0.25, 0.3) is 0 Å².